The van der Waals surface area contributed by atoms with Crippen molar-refractivity contribution >= 4 is 37.4 Å². The molecule has 0 aromatic heterocycles. The van der Waals surface area contributed by atoms with E-state index in [0.717, 1.165) is 0 Å². The molecule has 23 heavy (non-hydrogen) atoms. The smallest absolute Gasteiger partial charge is 0.0300 e. The summed E-state index contributed by atoms with van der Waals surface area (Å²) in [4.78, 5) is 0.493. The van der Waals surface area contributed by atoms with E-state index in [2.05, 4.69) is 106 Å². The van der Waals surface area contributed by atoms with Gasteiger partial charge in [0.1, 0.15) is 0 Å². The molecular formula is C21H20Br2. The molecule has 4 unspecified atom stereocenters. The molecule has 0 amide bonds. The summed E-state index contributed by atoms with van der Waals surface area (Å²) in [6.45, 7) is 4.87. The maximum atomic E-state index is 4.05. The van der Waals surface area contributed by atoms with Crippen molar-refractivity contribution in [1.82, 2.24) is 0 Å². The van der Waals surface area contributed by atoms with Gasteiger partial charge in [-0.1, -0.05) is 106 Å². The molecule has 4 rings (SSSR count). The van der Waals surface area contributed by atoms with Gasteiger partial charge < -0.3 is 0 Å². The van der Waals surface area contributed by atoms with Crippen LogP contribution in [-0.2, 0) is 0 Å². The summed E-state index contributed by atoms with van der Waals surface area (Å²) in [5.41, 5.74) is 4.53. The second-order valence-electron chi connectivity index (χ2n) is 7.29. The summed E-state index contributed by atoms with van der Waals surface area (Å²) in [5.74, 6) is 1.57. The van der Waals surface area contributed by atoms with Crippen LogP contribution in [0.1, 0.15) is 30.9 Å². The molecule has 1 saturated carbocycles. The highest BCUT2D eigenvalue weighted by molar-refractivity contribution is 9.12. The van der Waals surface area contributed by atoms with E-state index in [1.807, 2.05) is 0 Å². The molecule has 0 spiro atoms. The van der Waals surface area contributed by atoms with Crippen molar-refractivity contribution in [2.24, 2.45) is 17.3 Å². The second kappa shape index (κ2) is 5.60. The Morgan fingerprint density at radius 3 is 2.00 bits per heavy atom. The van der Waals surface area contributed by atoms with E-state index < -0.39 is 0 Å². The van der Waals surface area contributed by atoms with Crippen LogP contribution in [0.2, 0.25) is 0 Å². The lowest BCUT2D eigenvalue weighted by molar-refractivity contribution is 0.263. The first-order valence-electron chi connectivity index (χ1n) is 8.17. The monoisotopic (exact) mass is 430 g/mol. The molecule has 118 valence electrons. The fourth-order valence-electron chi connectivity index (χ4n) is 4.84. The first-order valence-corrected chi connectivity index (χ1v) is 9.88. The molecule has 0 heterocycles. The zero-order valence-corrected chi connectivity index (χ0v) is 16.5. The molecule has 2 aliphatic carbocycles. The Labute approximate surface area is 155 Å². The van der Waals surface area contributed by atoms with Gasteiger partial charge in [0.05, 0.1) is 0 Å². The number of hydrogen-bond acceptors (Lipinski definition) is 0. The van der Waals surface area contributed by atoms with Gasteiger partial charge in [-0.2, -0.15) is 0 Å². The van der Waals surface area contributed by atoms with Crippen molar-refractivity contribution in [1.29, 1.82) is 0 Å². The first kappa shape index (κ1) is 15.7. The first-order chi connectivity index (χ1) is 11.0. The zero-order chi connectivity index (χ0) is 16.2. The van der Waals surface area contributed by atoms with E-state index >= 15 is 0 Å². The van der Waals surface area contributed by atoms with Crippen LogP contribution in [0.15, 0.2) is 65.1 Å². The Bertz CT molecular complexity index is 746. The third kappa shape index (κ3) is 2.21. The third-order valence-corrected chi connectivity index (χ3v) is 7.78. The molecule has 0 N–H and O–H groups in total. The fourth-order valence-corrected chi connectivity index (χ4v) is 7.73. The van der Waals surface area contributed by atoms with Crippen LogP contribution >= 0.6 is 31.9 Å². The molecule has 0 nitrogen and oxygen atoms in total. The van der Waals surface area contributed by atoms with Crippen LogP contribution in [0.5, 0.6) is 0 Å². The van der Waals surface area contributed by atoms with E-state index in [4.69, 9.17) is 0 Å². The van der Waals surface area contributed by atoms with Crippen molar-refractivity contribution < 1.29 is 0 Å². The van der Waals surface area contributed by atoms with Crippen molar-refractivity contribution in [2.75, 3.05) is 0 Å². The second-order valence-corrected chi connectivity index (χ2v) is 9.20. The minimum Gasteiger partial charge on any atom is -0.0877 e. The molecule has 2 bridgehead atoms. The average Bonchev–Trinajstić information content (AvgIpc) is 2.93. The van der Waals surface area contributed by atoms with Crippen LogP contribution in [0.4, 0.5) is 0 Å². The van der Waals surface area contributed by atoms with Crippen LogP contribution in [0.25, 0.3) is 5.57 Å². The average molecular weight is 432 g/mol. The number of allylic oxidation sites excluding steroid dienone is 2. The summed E-state index contributed by atoms with van der Waals surface area (Å²) < 4.78 is 1.39. The van der Waals surface area contributed by atoms with Gasteiger partial charge in [-0.15, -0.1) is 0 Å². The summed E-state index contributed by atoms with van der Waals surface area (Å²) in [5, 5.41) is 0. The Hall–Kier alpha value is -0.860. The van der Waals surface area contributed by atoms with Gasteiger partial charge in [0.25, 0.3) is 0 Å². The maximum Gasteiger partial charge on any atom is 0.0300 e. The number of hydrogen-bond donors (Lipinski definition) is 0. The standard InChI is InChI=1S/C21H20Br2/c1-21(2)17(14-11-7-4-8-12-14)16-19(22)15(18(21)20(16)23)13-9-5-3-6-10-13/h3-12,16-18,20H,1-2H3. The Balaban J connectivity index is 1.87. The van der Waals surface area contributed by atoms with Gasteiger partial charge in [0.2, 0.25) is 0 Å². The predicted octanol–water partition coefficient (Wildman–Crippen LogP) is 6.63. The highest BCUT2D eigenvalue weighted by atomic mass is 79.9. The number of alkyl halides is 1. The van der Waals surface area contributed by atoms with E-state index in [1.165, 1.54) is 21.2 Å². The van der Waals surface area contributed by atoms with E-state index in [-0.39, 0.29) is 5.41 Å². The predicted molar refractivity (Wildman–Crippen MR) is 105 cm³/mol. The van der Waals surface area contributed by atoms with Gasteiger partial charge in [0.15, 0.2) is 0 Å². The molecule has 2 aromatic carbocycles. The molecule has 1 fully saturated rings. The van der Waals surface area contributed by atoms with Gasteiger partial charge >= 0.3 is 0 Å². The molecule has 2 aliphatic rings. The Kier molecular flexibility index (Phi) is 3.81. The minimum atomic E-state index is 0.225. The third-order valence-electron chi connectivity index (χ3n) is 5.73. The quantitative estimate of drug-likeness (QED) is 0.468. The van der Waals surface area contributed by atoms with E-state index in [0.29, 0.717) is 22.6 Å². The molecule has 2 aromatic rings. The lowest BCUT2D eigenvalue weighted by Crippen LogP contribution is -2.30. The highest BCUT2D eigenvalue weighted by Crippen LogP contribution is 2.70. The zero-order valence-electron chi connectivity index (χ0n) is 13.3. The van der Waals surface area contributed by atoms with Crippen molar-refractivity contribution in [3.8, 4) is 0 Å². The molecule has 2 heteroatoms. The summed E-state index contributed by atoms with van der Waals surface area (Å²) in [7, 11) is 0. The van der Waals surface area contributed by atoms with Crippen LogP contribution < -0.4 is 0 Å². The minimum absolute atomic E-state index is 0.225. The van der Waals surface area contributed by atoms with E-state index in [9.17, 15) is 0 Å². The maximum absolute atomic E-state index is 4.05. The Morgan fingerprint density at radius 1 is 0.826 bits per heavy atom. The summed E-state index contributed by atoms with van der Waals surface area (Å²) in [6.07, 6.45) is 0. The fraction of sp³-hybridized carbons (Fsp3) is 0.333. The normalized spacial score (nSPS) is 31.7. The highest BCUT2D eigenvalue weighted by Gasteiger charge is 2.61. The summed E-state index contributed by atoms with van der Waals surface area (Å²) >= 11 is 8.03. The van der Waals surface area contributed by atoms with Gasteiger partial charge in [0, 0.05) is 21.1 Å². The van der Waals surface area contributed by atoms with Crippen LogP contribution in [0, 0.1) is 17.3 Å². The number of rotatable bonds is 2. The van der Waals surface area contributed by atoms with Gasteiger partial charge in [-0.25, -0.2) is 0 Å². The molecule has 0 radical (unpaired) electrons. The van der Waals surface area contributed by atoms with Crippen molar-refractivity contribution in [3.05, 3.63) is 76.3 Å². The number of benzene rings is 2. The number of fused-ring (bicyclic) bond motifs is 2. The largest absolute Gasteiger partial charge is 0.0877 e. The van der Waals surface area contributed by atoms with Crippen molar-refractivity contribution in [3.63, 3.8) is 0 Å². The molecular weight excluding hydrogens is 412 g/mol. The Morgan fingerprint density at radius 2 is 1.39 bits per heavy atom. The molecule has 0 aliphatic heterocycles. The van der Waals surface area contributed by atoms with Crippen molar-refractivity contribution in [2.45, 2.75) is 24.6 Å². The summed E-state index contributed by atoms with van der Waals surface area (Å²) in [6, 6.07) is 21.9. The lowest BCUT2D eigenvalue weighted by atomic mass is 9.65. The van der Waals surface area contributed by atoms with Gasteiger partial charge in [-0.05, 0) is 28.0 Å². The van der Waals surface area contributed by atoms with Crippen LogP contribution in [-0.4, -0.2) is 4.83 Å². The SMILES string of the molecule is CC1(C)C2C(c3ccccc3)=C(Br)C(C2Br)C1c1ccccc1. The molecule has 4 atom stereocenters. The lowest BCUT2D eigenvalue weighted by Gasteiger charge is -2.40. The molecule has 0 saturated heterocycles. The number of halogens is 2. The van der Waals surface area contributed by atoms with E-state index in [1.54, 1.807) is 0 Å². The van der Waals surface area contributed by atoms with Crippen LogP contribution in [0.3, 0.4) is 0 Å². The van der Waals surface area contributed by atoms with Gasteiger partial charge in [-0.3, -0.25) is 0 Å². The topological polar surface area (TPSA) is 0 Å².